The number of hydrogen-bond acceptors (Lipinski definition) is 4. The minimum absolute atomic E-state index is 0.0839. The predicted octanol–water partition coefficient (Wildman–Crippen LogP) is 4.41. The van der Waals surface area contributed by atoms with Gasteiger partial charge in [0.15, 0.2) is 5.58 Å². The molecule has 4 aromatic rings. The Morgan fingerprint density at radius 1 is 1.12 bits per heavy atom. The zero-order valence-electron chi connectivity index (χ0n) is 18.1. The van der Waals surface area contributed by atoms with E-state index in [0.29, 0.717) is 35.6 Å². The fourth-order valence-corrected chi connectivity index (χ4v) is 4.94. The summed E-state index contributed by atoms with van der Waals surface area (Å²) in [6.07, 6.45) is 3.08. The molecule has 2 amide bonds. The first kappa shape index (κ1) is 21.5. The summed E-state index contributed by atoms with van der Waals surface area (Å²) in [4.78, 5) is 42.9. The lowest BCUT2D eigenvalue weighted by atomic mass is 10.1. The number of aromatic amines is 1. The molecule has 170 valence electrons. The molecule has 9 heteroatoms. The Balaban J connectivity index is 1.40. The number of benzene rings is 2. The number of amides is 2. The first-order chi connectivity index (χ1) is 15.9. The minimum atomic E-state index is -0.587. The van der Waals surface area contributed by atoms with Crippen molar-refractivity contribution in [3.8, 4) is 0 Å². The highest BCUT2D eigenvalue weighted by Crippen LogP contribution is 2.25. The zero-order chi connectivity index (χ0) is 23.1. The van der Waals surface area contributed by atoms with E-state index < -0.39 is 5.76 Å². The molecule has 0 radical (unpaired) electrons. The van der Waals surface area contributed by atoms with Crippen LogP contribution < -0.4 is 11.1 Å². The van der Waals surface area contributed by atoms with Crippen LogP contribution in [0, 0.1) is 6.92 Å². The van der Waals surface area contributed by atoms with E-state index in [1.165, 1.54) is 4.57 Å². The third-order valence-electron chi connectivity index (χ3n) is 6.08. The average Bonchev–Trinajstić information content (AvgIpc) is 3.36. The number of oxazole rings is 1. The highest BCUT2D eigenvalue weighted by Gasteiger charge is 2.20. The molecule has 1 fully saturated rings. The van der Waals surface area contributed by atoms with Gasteiger partial charge in [-0.2, -0.15) is 0 Å². The normalized spacial score (nSPS) is 14.2. The van der Waals surface area contributed by atoms with Gasteiger partial charge in [0.05, 0.1) is 5.52 Å². The molecular formula is C24H23BrN4O4. The van der Waals surface area contributed by atoms with E-state index in [1.54, 1.807) is 23.1 Å². The van der Waals surface area contributed by atoms with Gasteiger partial charge >= 0.3 is 5.76 Å². The zero-order valence-corrected chi connectivity index (χ0v) is 19.7. The molecule has 0 spiro atoms. The van der Waals surface area contributed by atoms with Crippen molar-refractivity contribution < 1.29 is 14.0 Å². The minimum Gasteiger partial charge on any atom is -0.408 e. The molecular weight excluding hydrogens is 488 g/mol. The Kier molecular flexibility index (Phi) is 5.57. The number of aromatic nitrogens is 2. The topological polar surface area (TPSA) is 100 Å². The van der Waals surface area contributed by atoms with Crippen LogP contribution in [0.3, 0.4) is 0 Å². The number of likely N-dealkylation sites (tertiary alicyclic amines) is 1. The summed E-state index contributed by atoms with van der Waals surface area (Å²) >= 11 is 3.47. The predicted molar refractivity (Wildman–Crippen MR) is 130 cm³/mol. The maximum atomic E-state index is 12.9. The van der Waals surface area contributed by atoms with Crippen LogP contribution in [0.1, 0.15) is 35.3 Å². The number of nitrogens with one attached hydrogen (secondary N) is 2. The van der Waals surface area contributed by atoms with Gasteiger partial charge in [-0.15, -0.1) is 0 Å². The van der Waals surface area contributed by atoms with Crippen LogP contribution in [0.5, 0.6) is 0 Å². The van der Waals surface area contributed by atoms with E-state index in [2.05, 4.69) is 26.2 Å². The number of anilines is 1. The lowest BCUT2D eigenvalue weighted by Gasteiger charge is -2.26. The van der Waals surface area contributed by atoms with Crippen molar-refractivity contribution in [3.63, 3.8) is 0 Å². The molecule has 2 N–H and O–H groups in total. The fraction of sp³-hybridized carbons (Fsp3) is 0.292. The molecule has 33 heavy (non-hydrogen) atoms. The lowest BCUT2D eigenvalue weighted by Crippen LogP contribution is -2.39. The molecule has 0 aliphatic carbocycles. The number of H-pyrrole nitrogens is 1. The van der Waals surface area contributed by atoms with Crippen LogP contribution in [0.4, 0.5) is 5.69 Å². The van der Waals surface area contributed by atoms with E-state index in [0.717, 1.165) is 40.2 Å². The van der Waals surface area contributed by atoms with Gasteiger partial charge in [-0.25, -0.2) is 4.79 Å². The first-order valence-electron chi connectivity index (χ1n) is 10.9. The molecule has 2 aromatic carbocycles. The molecule has 0 saturated carbocycles. The third-order valence-corrected chi connectivity index (χ3v) is 6.54. The van der Waals surface area contributed by atoms with Crippen LogP contribution in [-0.4, -0.2) is 39.4 Å². The summed E-state index contributed by atoms with van der Waals surface area (Å²) in [5, 5.41) is 3.84. The second-order valence-electron chi connectivity index (χ2n) is 8.40. The number of nitrogens with zero attached hydrogens (tertiary/aromatic N) is 2. The molecule has 1 saturated heterocycles. The maximum Gasteiger partial charge on any atom is 0.420 e. The number of hydrogen-bond donors (Lipinski definition) is 2. The van der Waals surface area contributed by atoms with E-state index in [1.807, 2.05) is 25.1 Å². The van der Waals surface area contributed by atoms with Crippen molar-refractivity contribution in [1.29, 1.82) is 0 Å². The van der Waals surface area contributed by atoms with Crippen molar-refractivity contribution in [2.45, 2.75) is 32.7 Å². The number of carbonyl (C=O) groups is 2. The third kappa shape index (κ3) is 4.20. The van der Waals surface area contributed by atoms with Crippen LogP contribution in [-0.2, 0) is 11.3 Å². The number of carbonyl (C=O) groups excluding carboxylic acids is 2. The Bertz CT molecular complexity index is 1440. The summed E-state index contributed by atoms with van der Waals surface area (Å²) < 4.78 is 7.57. The molecule has 5 rings (SSSR count). The monoisotopic (exact) mass is 510 g/mol. The Hall–Kier alpha value is -3.33. The molecule has 8 nitrogen and oxygen atoms in total. The number of aryl methyl sites for hydroxylation is 1. The first-order valence-corrected chi connectivity index (χ1v) is 11.7. The van der Waals surface area contributed by atoms with Gasteiger partial charge in [0.25, 0.3) is 5.91 Å². The quantitative estimate of drug-likeness (QED) is 0.424. The summed E-state index contributed by atoms with van der Waals surface area (Å²) in [7, 11) is 0. The van der Waals surface area contributed by atoms with Crippen LogP contribution in [0.2, 0.25) is 0 Å². The Morgan fingerprint density at radius 2 is 1.91 bits per heavy atom. The van der Waals surface area contributed by atoms with E-state index in [9.17, 15) is 14.4 Å². The van der Waals surface area contributed by atoms with Gasteiger partial charge in [0, 0.05) is 34.2 Å². The van der Waals surface area contributed by atoms with Gasteiger partial charge in [0.1, 0.15) is 12.2 Å². The van der Waals surface area contributed by atoms with Crippen LogP contribution in [0.25, 0.3) is 22.0 Å². The summed E-state index contributed by atoms with van der Waals surface area (Å²) in [5.41, 5.74) is 3.69. The van der Waals surface area contributed by atoms with Crippen molar-refractivity contribution >= 4 is 55.4 Å². The molecule has 1 aliphatic heterocycles. The molecule has 3 heterocycles. The van der Waals surface area contributed by atoms with Crippen molar-refractivity contribution in [2.75, 3.05) is 18.4 Å². The SMILES string of the molecule is Cc1cc(Br)cc2[nH]c(C(=O)Nc3ccc4oc(=O)n(CC(=O)N5CCCCC5)c4c3)cc12. The van der Waals surface area contributed by atoms with Crippen LogP contribution in [0.15, 0.2) is 50.1 Å². The van der Waals surface area contributed by atoms with Crippen molar-refractivity contribution in [2.24, 2.45) is 0 Å². The molecule has 2 aromatic heterocycles. The summed E-state index contributed by atoms with van der Waals surface area (Å²) in [6, 6.07) is 10.7. The largest absolute Gasteiger partial charge is 0.420 e. The second kappa shape index (κ2) is 8.55. The van der Waals surface area contributed by atoms with E-state index >= 15 is 0 Å². The summed E-state index contributed by atoms with van der Waals surface area (Å²) in [6.45, 7) is 3.33. The fourth-order valence-electron chi connectivity index (χ4n) is 4.36. The highest BCUT2D eigenvalue weighted by molar-refractivity contribution is 9.10. The van der Waals surface area contributed by atoms with Gasteiger partial charge in [0.2, 0.25) is 5.91 Å². The highest BCUT2D eigenvalue weighted by atomic mass is 79.9. The molecule has 0 unspecified atom stereocenters. The van der Waals surface area contributed by atoms with Gasteiger partial charge in [-0.05, 0) is 68.1 Å². The maximum absolute atomic E-state index is 12.9. The molecule has 1 aliphatic rings. The van der Waals surface area contributed by atoms with Gasteiger partial charge < -0.3 is 19.6 Å². The van der Waals surface area contributed by atoms with Crippen LogP contribution >= 0.6 is 15.9 Å². The van der Waals surface area contributed by atoms with Gasteiger partial charge in [-0.3, -0.25) is 14.2 Å². The number of rotatable bonds is 4. The van der Waals surface area contributed by atoms with E-state index in [4.69, 9.17) is 4.42 Å². The number of fused-ring (bicyclic) bond motifs is 2. The standard InChI is InChI=1S/C24H23BrN4O4/c1-14-9-15(25)10-18-17(14)12-19(27-18)23(31)26-16-5-6-21-20(11-16)29(24(32)33-21)13-22(30)28-7-3-2-4-8-28/h5-6,9-12,27H,2-4,7-8,13H2,1H3,(H,26,31). The number of piperidine rings is 1. The van der Waals surface area contributed by atoms with E-state index in [-0.39, 0.29) is 18.4 Å². The molecule has 0 atom stereocenters. The van der Waals surface area contributed by atoms with Crippen molar-refractivity contribution in [3.05, 3.63) is 62.7 Å². The second-order valence-corrected chi connectivity index (χ2v) is 9.31. The Morgan fingerprint density at radius 3 is 2.70 bits per heavy atom. The molecule has 0 bridgehead atoms. The smallest absolute Gasteiger partial charge is 0.408 e. The van der Waals surface area contributed by atoms with Crippen molar-refractivity contribution in [1.82, 2.24) is 14.5 Å². The summed E-state index contributed by atoms with van der Waals surface area (Å²) in [5.74, 6) is -0.994. The Labute approximate surface area is 197 Å². The van der Waals surface area contributed by atoms with Gasteiger partial charge in [-0.1, -0.05) is 15.9 Å². The average molecular weight is 511 g/mol. The number of halogens is 1. The lowest BCUT2D eigenvalue weighted by molar-refractivity contribution is -0.132.